The Morgan fingerprint density at radius 3 is 2.24 bits per heavy atom. The van der Waals surface area contributed by atoms with Crippen LogP contribution in [0.1, 0.15) is 60.3 Å². The first-order valence-corrected chi connectivity index (χ1v) is 7.02. The van der Waals surface area contributed by atoms with Crippen molar-refractivity contribution in [1.82, 2.24) is 10.6 Å². The van der Waals surface area contributed by atoms with Crippen molar-refractivity contribution in [2.24, 2.45) is 5.92 Å². The van der Waals surface area contributed by atoms with Crippen LogP contribution in [-0.2, 0) is 4.79 Å². The van der Waals surface area contributed by atoms with E-state index in [2.05, 4.69) is 31.4 Å². The van der Waals surface area contributed by atoms with E-state index in [1.54, 1.807) is 0 Å². The molecule has 0 aromatic carbocycles. The van der Waals surface area contributed by atoms with E-state index in [-0.39, 0.29) is 11.9 Å². The Hall–Kier alpha value is -0.570. The topological polar surface area (TPSA) is 41.1 Å². The number of hydrogen-bond donors (Lipinski definition) is 2. The van der Waals surface area contributed by atoms with Gasteiger partial charge < -0.3 is 10.6 Å². The molecule has 3 heteroatoms. The lowest BCUT2D eigenvalue weighted by Gasteiger charge is -2.20. The molecule has 0 aromatic heterocycles. The van der Waals surface area contributed by atoms with E-state index in [9.17, 15) is 4.79 Å². The molecule has 0 bridgehead atoms. The van der Waals surface area contributed by atoms with Gasteiger partial charge in [-0.3, -0.25) is 4.79 Å². The highest BCUT2D eigenvalue weighted by atomic mass is 16.1. The summed E-state index contributed by atoms with van der Waals surface area (Å²) in [5.41, 5.74) is 0. The Morgan fingerprint density at radius 2 is 1.76 bits per heavy atom. The second kappa shape index (κ2) is 9.46. The molecule has 1 amide bonds. The third-order valence-electron chi connectivity index (χ3n) is 3.11. The number of carbonyl (C=O) groups is 1. The summed E-state index contributed by atoms with van der Waals surface area (Å²) in [6, 6.07) is 0.793. The molecule has 0 aliphatic heterocycles. The van der Waals surface area contributed by atoms with Crippen molar-refractivity contribution in [2.45, 2.75) is 72.4 Å². The lowest BCUT2D eigenvalue weighted by Crippen LogP contribution is -2.36. The standard InChI is InChI=1S/C14H30N2O/c1-6-12(5)10-13(7-2)15-9-8-14(17)16-11(3)4/h11-13,15H,6-10H2,1-5H3,(H,16,17). The second-order valence-corrected chi connectivity index (χ2v) is 5.28. The molecular formula is C14H30N2O. The van der Waals surface area contributed by atoms with Gasteiger partial charge in [-0.15, -0.1) is 0 Å². The quantitative estimate of drug-likeness (QED) is 0.653. The first-order chi connectivity index (χ1) is 7.99. The molecule has 0 radical (unpaired) electrons. The predicted molar refractivity (Wildman–Crippen MR) is 74.0 cm³/mol. The molecule has 0 rings (SSSR count). The lowest BCUT2D eigenvalue weighted by molar-refractivity contribution is -0.121. The minimum atomic E-state index is 0.144. The van der Waals surface area contributed by atoms with E-state index in [1.165, 1.54) is 12.8 Å². The first kappa shape index (κ1) is 16.4. The second-order valence-electron chi connectivity index (χ2n) is 5.28. The van der Waals surface area contributed by atoms with E-state index in [1.807, 2.05) is 13.8 Å². The number of amides is 1. The Bertz CT molecular complexity index is 204. The highest BCUT2D eigenvalue weighted by molar-refractivity contribution is 5.76. The molecule has 3 nitrogen and oxygen atoms in total. The van der Waals surface area contributed by atoms with Gasteiger partial charge in [-0.25, -0.2) is 0 Å². The van der Waals surface area contributed by atoms with Gasteiger partial charge in [0.2, 0.25) is 5.91 Å². The van der Waals surface area contributed by atoms with Crippen molar-refractivity contribution in [1.29, 1.82) is 0 Å². The smallest absolute Gasteiger partial charge is 0.221 e. The van der Waals surface area contributed by atoms with Gasteiger partial charge in [-0.05, 0) is 32.6 Å². The van der Waals surface area contributed by atoms with E-state index < -0.39 is 0 Å². The lowest BCUT2D eigenvalue weighted by atomic mass is 9.98. The third-order valence-corrected chi connectivity index (χ3v) is 3.11. The SMILES string of the molecule is CCC(C)CC(CC)NCCC(=O)NC(C)C. The predicted octanol–water partition coefficient (Wildman–Crippen LogP) is 2.71. The summed E-state index contributed by atoms with van der Waals surface area (Å²) in [5.74, 6) is 0.905. The summed E-state index contributed by atoms with van der Waals surface area (Å²) in [4.78, 5) is 11.5. The van der Waals surface area contributed by atoms with Gasteiger partial charge in [-0.2, -0.15) is 0 Å². The summed E-state index contributed by atoms with van der Waals surface area (Å²) in [7, 11) is 0. The van der Waals surface area contributed by atoms with Gasteiger partial charge in [0, 0.05) is 25.0 Å². The zero-order valence-corrected chi connectivity index (χ0v) is 12.2. The fourth-order valence-corrected chi connectivity index (χ4v) is 1.83. The van der Waals surface area contributed by atoms with Crippen molar-refractivity contribution < 1.29 is 4.79 Å². The summed E-state index contributed by atoms with van der Waals surface area (Å²) in [5, 5.41) is 6.39. The van der Waals surface area contributed by atoms with Crippen LogP contribution >= 0.6 is 0 Å². The summed E-state index contributed by atoms with van der Waals surface area (Å²) >= 11 is 0. The molecule has 0 fully saturated rings. The maximum Gasteiger partial charge on any atom is 0.221 e. The van der Waals surface area contributed by atoms with Crippen molar-refractivity contribution in [3.63, 3.8) is 0 Å². The van der Waals surface area contributed by atoms with Gasteiger partial charge in [0.1, 0.15) is 0 Å². The van der Waals surface area contributed by atoms with Gasteiger partial charge >= 0.3 is 0 Å². The third kappa shape index (κ3) is 9.16. The molecule has 0 aromatic rings. The van der Waals surface area contributed by atoms with Crippen LogP contribution < -0.4 is 10.6 Å². The van der Waals surface area contributed by atoms with Crippen LogP contribution in [0.4, 0.5) is 0 Å². The van der Waals surface area contributed by atoms with Crippen LogP contribution in [0.5, 0.6) is 0 Å². The fourth-order valence-electron chi connectivity index (χ4n) is 1.83. The van der Waals surface area contributed by atoms with Crippen LogP contribution in [0.15, 0.2) is 0 Å². The van der Waals surface area contributed by atoms with Crippen LogP contribution in [-0.4, -0.2) is 24.5 Å². The minimum Gasteiger partial charge on any atom is -0.354 e. The van der Waals surface area contributed by atoms with E-state index in [4.69, 9.17) is 0 Å². The van der Waals surface area contributed by atoms with Gasteiger partial charge in [0.25, 0.3) is 0 Å². The first-order valence-electron chi connectivity index (χ1n) is 7.02. The van der Waals surface area contributed by atoms with Crippen LogP contribution in [0.3, 0.4) is 0 Å². The Morgan fingerprint density at radius 1 is 1.12 bits per heavy atom. The van der Waals surface area contributed by atoms with Crippen LogP contribution in [0.25, 0.3) is 0 Å². The molecule has 0 heterocycles. The van der Waals surface area contributed by atoms with Crippen molar-refractivity contribution in [3.8, 4) is 0 Å². The molecule has 0 aliphatic rings. The summed E-state index contributed by atoms with van der Waals surface area (Å²) in [6.07, 6.45) is 4.15. The van der Waals surface area contributed by atoms with Crippen LogP contribution in [0.2, 0.25) is 0 Å². The molecule has 2 unspecified atom stereocenters. The number of rotatable bonds is 9. The number of carbonyl (C=O) groups excluding carboxylic acids is 1. The molecule has 2 atom stereocenters. The Balaban J connectivity index is 3.72. The molecule has 0 saturated carbocycles. The van der Waals surface area contributed by atoms with E-state index in [0.29, 0.717) is 12.5 Å². The zero-order chi connectivity index (χ0) is 13.3. The van der Waals surface area contributed by atoms with Crippen molar-refractivity contribution >= 4 is 5.91 Å². The van der Waals surface area contributed by atoms with Crippen molar-refractivity contribution in [2.75, 3.05) is 6.54 Å². The number of nitrogens with one attached hydrogen (secondary N) is 2. The fraction of sp³-hybridized carbons (Fsp3) is 0.929. The number of hydrogen-bond acceptors (Lipinski definition) is 2. The van der Waals surface area contributed by atoms with E-state index >= 15 is 0 Å². The molecule has 17 heavy (non-hydrogen) atoms. The van der Waals surface area contributed by atoms with Crippen molar-refractivity contribution in [3.05, 3.63) is 0 Å². The molecular weight excluding hydrogens is 212 g/mol. The highest BCUT2D eigenvalue weighted by Gasteiger charge is 2.10. The highest BCUT2D eigenvalue weighted by Crippen LogP contribution is 2.11. The molecule has 0 saturated heterocycles. The average molecular weight is 242 g/mol. The maximum atomic E-state index is 11.5. The maximum absolute atomic E-state index is 11.5. The van der Waals surface area contributed by atoms with Gasteiger partial charge in [0.05, 0.1) is 0 Å². The Labute approximate surface area is 107 Å². The summed E-state index contributed by atoms with van der Waals surface area (Å²) < 4.78 is 0. The van der Waals surface area contributed by atoms with Crippen LogP contribution in [0, 0.1) is 5.92 Å². The average Bonchev–Trinajstić information content (AvgIpc) is 2.26. The summed E-state index contributed by atoms with van der Waals surface area (Å²) in [6.45, 7) is 11.5. The monoisotopic (exact) mass is 242 g/mol. The Kier molecular flexibility index (Phi) is 9.14. The normalized spacial score (nSPS) is 14.7. The zero-order valence-electron chi connectivity index (χ0n) is 12.2. The molecule has 102 valence electrons. The largest absolute Gasteiger partial charge is 0.354 e. The molecule has 2 N–H and O–H groups in total. The minimum absolute atomic E-state index is 0.144. The van der Waals surface area contributed by atoms with Gasteiger partial charge in [0.15, 0.2) is 0 Å². The molecule has 0 spiro atoms. The molecule has 0 aliphatic carbocycles. The van der Waals surface area contributed by atoms with E-state index in [0.717, 1.165) is 18.9 Å². The van der Waals surface area contributed by atoms with Gasteiger partial charge in [-0.1, -0.05) is 27.2 Å².